The Morgan fingerprint density at radius 3 is 2.43 bits per heavy atom. The minimum Gasteiger partial charge on any atom is -0.309 e. The largest absolute Gasteiger partial charge is 0.309 e. The SMILES string of the molecule is c1ccc(C2CC2NCc2ccc3ccccc3c2)cc1. The Morgan fingerprint density at radius 1 is 0.810 bits per heavy atom. The van der Waals surface area contributed by atoms with Crippen LogP contribution in [-0.2, 0) is 6.54 Å². The van der Waals surface area contributed by atoms with Crippen LogP contribution in [0.2, 0.25) is 0 Å². The summed E-state index contributed by atoms with van der Waals surface area (Å²) in [6.07, 6.45) is 1.26. The minimum absolute atomic E-state index is 0.638. The molecule has 3 aromatic rings. The van der Waals surface area contributed by atoms with E-state index < -0.39 is 0 Å². The lowest BCUT2D eigenvalue weighted by Gasteiger charge is -2.06. The molecule has 0 aromatic heterocycles. The monoisotopic (exact) mass is 273 g/mol. The highest BCUT2D eigenvalue weighted by atomic mass is 15.0. The smallest absolute Gasteiger partial charge is 0.0208 e. The molecule has 0 spiro atoms. The molecule has 0 bridgehead atoms. The number of nitrogens with one attached hydrogen (secondary N) is 1. The van der Waals surface area contributed by atoms with Gasteiger partial charge in [0.1, 0.15) is 0 Å². The lowest BCUT2D eigenvalue weighted by atomic mass is 10.1. The molecule has 0 aliphatic heterocycles. The van der Waals surface area contributed by atoms with E-state index in [9.17, 15) is 0 Å². The summed E-state index contributed by atoms with van der Waals surface area (Å²) in [6, 6.07) is 26.8. The molecule has 1 N–H and O–H groups in total. The number of rotatable bonds is 4. The molecule has 1 aliphatic carbocycles. The van der Waals surface area contributed by atoms with Crippen molar-refractivity contribution >= 4 is 10.8 Å². The van der Waals surface area contributed by atoms with Gasteiger partial charge < -0.3 is 5.32 Å². The molecule has 2 unspecified atom stereocenters. The molecule has 1 fully saturated rings. The molecule has 0 radical (unpaired) electrons. The molecule has 1 aliphatic rings. The van der Waals surface area contributed by atoms with Crippen molar-refractivity contribution < 1.29 is 0 Å². The van der Waals surface area contributed by atoms with Gasteiger partial charge in [0.2, 0.25) is 0 Å². The van der Waals surface area contributed by atoms with Gasteiger partial charge in [-0.05, 0) is 34.4 Å². The second kappa shape index (κ2) is 5.34. The predicted molar refractivity (Wildman–Crippen MR) is 88.4 cm³/mol. The summed E-state index contributed by atoms with van der Waals surface area (Å²) in [5.74, 6) is 0.701. The van der Waals surface area contributed by atoms with E-state index >= 15 is 0 Å². The van der Waals surface area contributed by atoms with Gasteiger partial charge in [-0.1, -0.05) is 66.7 Å². The fourth-order valence-electron chi connectivity index (χ4n) is 3.09. The maximum absolute atomic E-state index is 3.69. The molecule has 3 aromatic carbocycles. The topological polar surface area (TPSA) is 12.0 Å². The highest BCUT2D eigenvalue weighted by molar-refractivity contribution is 5.82. The quantitative estimate of drug-likeness (QED) is 0.738. The molecule has 1 nitrogen and oxygen atoms in total. The van der Waals surface area contributed by atoms with Gasteiger partial charge >= 0.3 is 0 Å². The number of hydrogen-bond donors (Lipinski definition) is 1. The van der Waals surface area contributed by atoms with E-state index in [4.69, 9.17) is 0 Å². The Morgan fingerprint density at radius 2 is 1.57 bits per heavy atom. The maximum atomic E-state index is 3.69. The Hall–Kier alpha value is -2.12. The zero-order valence-electron chi connectivity index (χ0n) is 12.0. The van der Waals surface area contributed by atoms with Crippen molar-refractivity contribution in [1.29, 1.82) is 0 Å². The van der Waals surface area contributed by atoms with E-state index in [1.165, 1.54) is 28.3 Å². The van der Waals surface area contributed by atoms with Crippen molar-refractivity contribution in [2.75, 3.05) is 0 Å². The van der Waals surface area contributed by atoms with Crippen molar-refractivity contribution in [2.24, 2.45) is 0 Å². The lowest BCUT2D eigenvalue weighted by Crippen LogP contribution is -2.17. The highest BCUT2D eigenvalue weighted by Crippen LogP contribution is 2.40. The van der Waals surface area contributed by atoms with Gasteiger partial charge in [0, 0.05) is 18.5 Å². The van der Waals surface area contributed by atoms with E-state index in [0.29, 0.717) is 12.0 Å². The van der Waals surface area contributed by atoms with Crippen LogP contribution in [0, 0.1) is 0 Å². The minimum atomic E-state index is 0.638. The predicted octanol–water partition coefficient (Wildman–Crippen LogP) is 4.49. The van der Waals surface area contributed by atoms with Crippen molar-refractivity contribution in [1.82, 2.24) is 5.32 Å². The van der Waals surface area contributed by atoms with Crippen molar-refractivity contribution in [3.8, 4) is 0 Å². The van der Waals surface area contributed by atoms with Crippen molar-refractivity contribution in [3.05, 3.63) is 83.9 Å². The molecular formula is C20H19N. The molecule has 104 valence electrons. The van der Waals surface area contributed by atoms with Gasteiger partial charge in [-0.3, -0.25) is 0 Å². The number of fused-ring (bicyclic) bond motifs is 1. The first-order chi connectivity index (χ1) is 10.4. The van der Waals surface area contributed by atoms with E-state index in [0.717, 1.165) is 6.54 Å². The first-order valence-electron chi connectivity index (χ1n) is 7.66. The third kappa shape index (κ3) is 2.70. The van der Waals surface area contributed by atoms with Crippen LogP contribution in [0.25, 0.3) is 10.8 Å². The Bertz CT molecular complexity index is 748. The van der Waals surface area contributed by atoms with Crippen LogP contribution in [0.15, 0.2) is 72.8 Å². The molecule has 1 saturated carbocycles. The first-order valence-corrected chi connectivity index (χ1v) is 7.66. The third-order valence-electron chi connectivity index (χ3n) is 4.40. The van der Waals surface area contributed by atoms with Gasteiger partial charge in [-0.15, -0.1) is 0 Å². The summed E-state index contributed by atoms with van der Waals surface area (Å²) >= 11 is 0. The first kappa shape index (κ1) is 12.6. The van der Waals surface area contributed by atoms with Crippen LogP contribution in [0.5, 0.6) is 0 Å². The number of benzene rings is 3. The average Bonchev–Trinajstić information content (AvgIpc) is 3.33. The van der Waals surface area contributed by atoms with Crippen LogP contribution in [0.4, 0.5) is 0 Å². The molecule has 0 amide bonds. The normalized spacial score (nSPS) is 20.6. The van der Waals surface area contributed by atoms with Gasteiger partial charge in [-0.25, -0.2) is 0 Å². The molecular weight excluding hydrogens is 254 g/mol. The average molecular weight is 273 g/mol. The van der Waals surface area contributed by atoms with E-state index in [2.05, 4.69) is 78.1 Å². The van der Waals surface area contributed by atoms with Gasteiger partial charge in [0.15, 0.2) is 0 Å². The summed E-state index contributed by atoms with van der Waals surface area (Å²) in [4.78, 5) is 0. The van der Waals surface area contributed by atoms with Crippen molar-refractivity contribution in [2.45, 2.75) is 24.9 Å². The summed E-state index contributed by atoms with van der Waals surface area (Å²) in [7, 11) is 0. The summed E-state index contributed by atoms with van der Waals surface area (Å²) in [6.45, 7) is 0.957. The van der Waals surface area contributed by atoms with Gasteiger partial charge in [0.05, 0.1) is 0 Å². The molecule has 0 heterocycles. The Labute approximate surface area is 125 Å². The second-order valence-electron chi connectivity index (χ2n) is 5.92. The second-order valence-corrected chi connectivity index (χ2v) is 5.92. The fraction of sp³-hybridized carbons (Fsp3) is 0.200. The van der Waals surface area contributed by atoms with Gasteiger partial charge in [0.25, 0.3) is 0 Å². The van der Waals surface area contributed by atoms with E-state index in [1.807, 2.05) is 0 Å². The molecule has 2 atom stereocenters. The van der Waals surface area contributed by atoms with Crippen LogP contribution in [0.3, 0.4) is 0 Å². The standard InChI is InChI=1S/C20H19N/c1-2-7-17(8-3-1)19-13-20(19)21-14-15-10-11-16-6-4-5-9-18(16)12-15/h1-12,19-21H,13-14H2. The Kier molecular flexibility index (Phi) is 3.21. The molecule has 4 rings (SSSR count). The fourth-order valence-corrected chi connectivity index (χ4v) is 3.09. The van der Waals surface area contributed by atoms with Crippen LogP contribution in [0.1, 0.15) is 23.5 Å². The lowest BCUT2D eigenvalue weighted by molar-refractivity contribution is 0.673. The maximum Gasteiger partial charge on any atom is 0.0208 e. The van der Waals surface area contributed by atoms with Crippen LogP contribution in [-0.4, -0.2) is 6.04 Å². The zero-order chi connectivity index (χ0) is 14.1. The van der Waals surface area contributed by atoms with Crippen molar-refractivity contribution in [3.63, 3.8) is 0 Å². The van der Waals surface area contributed by atoms with E-state index in [-0.39, 0.29) is 0 Å². The third-order valence-corrected chi connectivity index (χ3v) is 4.40. The highest BCUT2D eigenvalue weighted by Gasteiger charge is 2.37. The summed E-state index contributed by atoms with van der Waals surface area (Å²) < 4.78 is 0. The molecule has 1 heteroatoms. The zero-order valence-corrected chi connectivity index (χ0v) is 12.0. The summed E-state index contributed by atoms with van der Waals surface area (Å²) in [5.41, 5.74) is 2.83. The number of hydrogen-bond acceptors (Lipinski definition) is 1. The molecule has 21 heavy (non-hydrogen) atoms. The summed E-state index contributed by atoms with van der Waals surface area (Å²) in [5, 5.41) is 6.33. The molecule has 0 saturated heterocycles. The van der Waals surface area contributed by atoms with E-state index in [1.54, 1.807) is 0 Å². The van der Waals surface area contributed by atoms with Crippen LogP contribution >= 0.6 is 0 Å². The Balaban J connectivity index is 1.41. The van der Waals surface area contributed by atoms with Crippen LogP contribution < -0.4 is 5.32 Å². The van der Waals surface area contributed by atoms with Gasteiger partial charge in [-0.2, -0.15) is 0 Å².